The zero-order chi connectivity index (χ0) is 21.2. The average Bonchev–Trinajstić information content (AvgIpc) is 2.72. The second kappa shape index (κ2) is 8.07. The van der Waals surface area contributed by atoms with Crippen molar-refractivity contribution in [3.05, 3.63) is 59.7 Å². The molecule has 0 unspecified atom stereocenters. The number of carboxylic acid groups (broad SMARTS) is 1. The molecule has 0 saturated carbocycles. The van der Waals surface area contributed by atoms with Crippen LogP contribution in [0.3, 0.4) is 0 Å². The topological polar surface area (TPSA) is 77.9 Å². The number of nitrogens with zero attached hydrogens (tertiary/aromatic N) is 2. The standard InChI is InChI=1S/C23H26N2O4/c1-23(2,3)22(29)25-14-12-24(13-15-25)20(26)18-10-6-4-8-16(18)17-9-5-7-11-19(17)21(27)28/h4-11H,12-15H2,1-3H3,(H,27,28). The number of hydrogen-bond acceptors (Lipinski definition) is 3. The summed E-state index contributed by atoms with van der Waals surface area (Å²) in [5.74, 6) is -1.10. The molecule has 2 aromatic rings. The number of carboxylic acids is 1. The number of hydrogen-bond donors (Lipinski definition) is 1. The third-order valence-electron chi connectivity index (χ3n) is 5.10. The molecule has 0 spiro atoms. The van der Waals surface area contributed by atoms with E-state index >= 15 is 0 Å². The number of benzene rings is 2. The largest absolute Gasteiger partial charge is 0.478 e. The monoisotopic (exact) mass is 394 g/mol. The third-order valence-corrected chi connectivity index (χ3v) is 5.10. The van der Waals surface area contributed by atoms with E-state index in [2.05, 4.69) is 0 Å². The van der Waals surface area contributed by atoms with E-state index in [4.69, 9.17) is 0 Å². The summed E-state index contributed by atoms with van der Waals surface area (Å²) >= 11 is 0. The number of rotatable bonds is 3. The zero-order valence-corrected chi connectivity index (χ0v) is 17.0. The lowest BCUT2D eigenvalue weighted by Gasteiger charge is -2.37. The molecule has 1 aliphatic rings. The van der Waals surface area contributed by atoms with Crippen molar-refractivity contribution in [3.63, 3.8) is 0 Å². The third kappa shape index (κ3) is 4.31. The van der Waals surface area contributed by atoms with Gasteiger partial charge in [-0.15, -0.1) is 0 Å². The number of piperazine rings is 1. The molecule has 0 radical (unpaired) electrons. The number of amides is 2. The van der Waals surface area contributed by atoms with E-state index in [9.17, 15) is 19.5 Å². The molecule has 0 bridgehead atoms. The fourth-order valence-corrected chi connectivity index (χ4v) is 3.57. The van der Waals surface area contributed by atoms with Crippen LogP contribution in [0.5, 0.6) is 0 Å². The lowest BCUT2D eigenvalue weighted by atomic mass is 9.94. The molecule has 2 aromatic carbocycles. The van der Waals surface area contributed by atoms with Crippen molar-refractivity contribution in [2.75, 3.05) is 26.2 Å². The Morgan fingerprint density at radius 3 is 1.72 bits per heavy atom. The van der Waals surface area contributed by atoms with Gasteiger partial charge in [-0.25, -0.2) is 4.79 Å². The maximum Gasteiger partial charge on any atom is 0.336 e. The maximum absolute atomic E-state index is 13.2. The van der Waals surface area contributed by atoms with Crippen LogP contribution >= 0.6 is 0 Å². The second-order valence-corrected chi connectivity index (χ2v) is 8.23. The minimum atomic E-state index is -1.03. The van der Waals surface area contributed by atoms with Crippen LogP contribution in [0.25, 0.3) is 11.1 Å². The lowest BCUT2D eigenvalue weighted by Crippen LogP contribution is -2.53. The first-order valence-corrected chi connectivity index (χ1v) is 9.70. The van der Waals surface area contributed by atoms with Gasteiger partial charge in [-0.05, 0) is 23.3 Å². The van der Waals surface area contributed by atoms with Gasteiger partial charge in [0, 0.05) is 37.2 Å². The number of carbonyl (C=O) groups excluding carboxylic acids is 2. The van der Waals surface area contributed by atoms with E-state index in [0.29, 0.717) is 42.9 Å². The average molecular weight is 394 g/mol. The first kappa shape index (κ1) is 20.6. The van der Waals surface area contributed by atoms with Crippen LogP contribution in [0.2, 0.25) is 0 Å². The van der Waals surface area contributed by atoms with Gasteiger partial charge in [0.05, 0.1) is 5.56 Å². The Labute approximate surface area is 170 Å². The van der Waals surface area contributed by atoms with E-state index in [1.54, 1.807) is 52.3 Å². The second-order valence-electron chi connectivity index (χ2n) is 8.23. The summed E-state index contributed by atoms with van der Waals surface area (Å²) in [6.45, 7) is 7.57. The van der Waals surface area contributed by atoms with Crippen molar-refractivity contribution in [2.45, 2.75) is 20.8 Å². The van der Waals surface area contributed by atoms with Crippen LogP contribution in [0, 0.1) is 5.41 Å². The minimum absolute atomic E-state index is 0.0837. The van der Waals surface area contributed by atoms with Gasteiger partial charge in [-0.2, -0.15) is 0 Å². The van der Waals surface area contributed by atoms with Crippen LogP contribution in [0.1, 0.15) is 41.5 Å². The number of carbonyl (C=O) groups is 3. The Balaban J connectivity index is 1.84. The summed E-state index contributed by atoms with van der Waals surface area (Å²) < 4.78 is 0. The summed E-state index contributed by atoms with van der Waals surface area (Å²) in [5, 5.41) is 9.52. The van der Waals surface area contributed by atoms with Gasteiger partial charge in [-0.1, -0.05) is 57.2 Å². The molecule has 1 heterocycles. The molecule has 1 N–H and O–H groups in total. The van der Waals surface area contributed by atoms with E-state index in [1.165, 1.54) is 6.07 Å². The van der Waals surface area contributed by atoms with Crippen LogP contribution in [-0.2, 0) is 4.79 Å². The highest BCUT2D eigenvalue weighted by Crippen LogP contribution is 2.28. The molecule has 1 saturated heterocycles. The SMILES string of the molecule is CC(C)(C)C(=O)N1CCN(C(=O)c2ccccc2-c2ccccc2C(=O)O)CC1. The zero-order valence-electron chi connectivity index (χ0n) is 17.0. The van der Waals surface area contributed by atoms with Crippen molar-refractivity contribution in [2.24, 2.45) is 5.41 Å². The fourth-order valence-electron chi connectivity index (χ4n) is 3.57. The fraction of sp³-hybridized carbons (Fsp3) is 0.348. The van der Waals surface area contributed by atoms with Gasteiger partial charge in [0.2, 0.25) is 5.91 Å². The smallest absolute Gasteiger partial charge is 0.336 e. The molecule has 152 valence electrons. The van der Waals surface area contributed by atoms with Gasteiger partial charge in [-0.3, -0.25) is 9.59 Å². The Morgan fingerprint density at radius 2 is 1.21 bits per heavy atom. The molecule has 3 rings (SSSR count). The molecule has 2 amide bonds. The maximum atomic E-state index is 13.2. The summed E-state index contributed by atoms with van der Waals surface area (Å²) in [4.78, 5) is 40.9. The predicted molar refractivity (Wildman–Crippen MR) is 111 cm³/mol. The van der Waals surface area contributed by atoms with Gasteiger partial charge in [0.25, 0.3) is 5.91 Å². The van der Waals surface area contributed by atoms with Crippen molar-refractivity contribution in [3.8, 4) is 11.1 Å². The Morgan fingerprint density at radius 1 is 0.759 bits per heavy atom. The van der Waals surface area contributed by atoms with E-state index in [1.807, 2.05) is 20.8 Å². The molecule has 6 nitrogen and oxygen atoms in total. The molecule has 0 atom stereocenters. The Hall–Kier alpha value is -3.15. The summed E-state index contributed by atoms with van der Waals surface area (Å²) in [6.07, 6.45) is 0. The van der Waals surface area contributed by atoms with Gasteiger partial charge >= 0.3 is 5.97 Å². The first-order chi connectivity index (χ1) is 13.7. The normalized spacial score (nSPS) is 14.6. The van der Waals surface area contributed by atoms with E-state index in [-0.39, 0.29) is 17.4 Å². The van der Waals surface area contributed by atoms with Crippen LogP contribution in [0.4, 0.5) is 0 Å². The molecule has 0 aliphatic carbocycles. The quantitative estimate of drug-likeness (QED) is 0.866. The summed E-state index contributed by atoms with van der Waals surface area (Å²) in [5.41, 5.74) is 1.30. The predicted octanol–water partition coefficient (Wildman–Crippen LogP) is 3.38. The highest BCUT2D eigenvalue weighted by Gasteiger charge is 2.31. The Bertz CT molecular complexity index is 938. The molecule has 0 aromatic heterocycles. The van der Waals surface area contributed by atoms with E-state index in [0.717, 1.165) is 0 Å². The highest BCUT2D eigenvalue weighted by atomic mass is 16.4. The summed E-state index contributed by atoms with van der Waals surface area (Å²) in [6, 6.07) is 13.8. The molecule has 1 fully saturated rings. The van der Waals surface area contributed by atoms with Crippen molar-refractivity contribution >= 4 is 17.8 Å². The van der Waals surface area contributed by atoms with Crippen molar-refractivity contribution < 1.29 is 19.5 Å². The van der Waals surface area contributed by atoms with Crippen molar-refractivity contribution in [1.82, 2.24) is 9.80 Å². The molecular formula is C23H26N2O4. The Kier molecular flexibility index (Phi) is 5.73. The number of aromatic carboxylic acids is 1. The van der Waals surface area contributed by atoms with E-state index < -0.39 is 11.4 Å². The molecule has 6 heteroatoms. The van der Waals surface area contributed by atoms with Crippen LogP contribution in [0.15, 0.2) is 48.5 Å². The lowest BCUT2D eigenvalue weighted by molar-refractivity contribution is -0.140. The molecular weight excluding hydrogens is 368 g/mol. The minimum Gasteiger partial charge on any atom is -0.478 e. The summed E-state index contributed by atoms with van der Waals surface area (Å²) in [7, 11) is 0. The van der Waals surface area contributed by atoms with Gasteiger partial charge in [0.1, 0.15) is 0 Å². The van der Waals surface area contributed by atoms with Crippen LogP contribution < -0.4 is 0 Å². The molecule has 29 heavy (non-hydrogen) atoms. The molecule has 1 aliphatic heterocycles. The van der Waals surface area contributed by atoms with Crippen molar-refractivity contribution in [1.29, 1.82) is 0 Å². The highest BCUT2D eigenvalue weighted by molar-refractivity contribution is 6.04. The first-order valence-electron chi connectivity index (χ1n) is 9.70. The van der Waals surface area contributed by atoms with Crippen LogP contribution in [-0.4, -0.2) is 58.9 Å². The van der Waals surface area contributed by atoms with Gasteiger partial charge in [0.15, 0.2) is 0 Å². The van der Waals surface area contributed by atoms with Gasteiger partial charge < -0.3 is 14.9 Å².